The Bertz CT molecular complexity index is 1220. The third kappa shape index (κ3) is 4.73. The first-order valence-corrected chi connectivity index (χ1v) is 11.6. The molecule has 9 heteroatoms. The van der Waals surface area contributed by atoms with Crippen LogP contribution in [0.3, 0.4) is 0 Å². The zero-order valence-electron chi connectivity index (χ0n) is 18.1. The zero-order chi connectivity index (χ0) is 22.6. The molecule has 1 aromatic carbocycles. The molecule has 1 saturated heterocycles. The van der Waals surface area contributed by atoms with Crippen LogP contribution in [0, 0.1) is 5.92 Å². The summed E-state index contributed by atoms with van der Waals surface area (Å²) in [6.07, 6.45) is 4.71. The number of hydrogen-bond acceptors (Lipinski definition) is 8. The number of hydrogen-bond donors (Lipinski definition) is 1. The molecule has 0 spiro atoms. The summed E-state index contributed by atoms with van der Waals surface area (Å²) < 4.78 is 10.6. The minimum atomic E-state index is -0.0555. The van der Waals surface area contributed by atoms with Crippen LogP contribution in [-0.2, 0) is 4.79 Å². The van der Waals surface area contributed by atoms with E-state index < -0.39 is 0 Å². The Labute approximate surface area is 195 Å². The molecule has 0 saturated carbocycles. The summed E-state index contributed by atoms with van der Waals surface area (Å²) in [5, 5.41) is 5.43. The number of furan rings is 1. The van der Waals surface area contributed by atoms with Gasteiger partial charge in [0.15, 0.2) is 10.9 Å². The molecule has 0 aliphatic carbocycles. The molecule has 0 bridgehead atoms. The first-order valence-electron chi connectivity index (χ1n) is 10.7. The first-order chi connectivity index (χ1) is 16.2. The van der Waals surface area contributed by atoms with E-state index in [4.69, 9.17) is 9.15 Å². The molecule has 168 valence electrons. The Kier molecular flexibility index (Phi) is 6.03. The van der Waals surface area contributed by atoms with Crippen LogP contribution in [0.15, 0.2) is 64.9 Å². The van der Waals surface area contributed by atoms with Gasteiger partial charge in [-0.25, -0.2) is 15.0 Å². The SMILES string of the molecule is COc1ccc(-c2cc(N3CCC(C(=O)Nc4nc(-c5ccco5)cs4)CC3)ncn2)cc1. The minimum Gasteiger partial charge on any atom is -0.497 e. The third-order valence-corrected chi connectivity index (χ3v) is 6.49. The van der Waals surface area contributed by atoms with Gasteiger partial charge in [0.1, 0.15) is 23.6 Å². The van der Waals surface area contributed by atoms with Gasteiger partial charge in [-0.15, -0.1) is 11.3 Å². The summed E-state index contributed by atoms with van der Waals surface area (Å²) in [5.74, 6) is 2.33. The van der Waals surface area contributed by atoms with Gasteiger partial charge in [-0.2, -0.15) is 0 Å². The number of ether oxygens (including phenoxy) is 1. The normalized spacial score (nSPS) is 14.3. The molecular formula is C24H23N5O3S. The molecule has 1 aliphatic rings. The number of rotatable bonds is 6. The van der Waals surface area contributed by atoms with Crippen molar-refractivity contribution in [1.29, 1.82) is 0 Å². The van der Waals surface area contributed by atoms with Gasteiger partial charge < -0.3 is 19.4 Å². The fourth-order valence-corrected chi connectivity index (χ4v) is 4.59. The molecule has 0 unspecified atom stereocenters. The van der Waals surface area contributed by atoms with Gasteiger partial charge in [0.05, 0.1) is 19.1 Å². The van der Waals surface area contributed by atoms with Gasteiger partial charge in [-0.1, -0.05) is 0 Å². The van der Waals surface area contributed by atoms with E-state index in [1.54, 1.807) is 19.7 Å². The van der Waals surface area contributed by atoms with E-state index in [0.29, 0.717) is 10.9 Å². The molecule has 4 aromatic rings. The molecule has 33 heavy (non-hydrogen) atoms. The number of methoxy groups -OCH3 is 1. The summed E-state index contributed by atoms with van der Waals surface area (Å²) in [6.45, 7) is 1.51. The molecule has 0 radical (unpaired) electrons. The number of amides is 1. The number of nitrogens with zero attached hydrogens (tertiary/aromatic N) is 4. The fourth-order valence-electron chi connectivity index (χ4n) is 3.89. The van der Waals surface area contributed by atoms with Gasteiger partial charge in [0.25, 0.3) is 0 Å². The Morgan fingerprint density at radius 3 is 2.70 bits per heavy atom. The van der Waals surface area contributed by atoms with Gasteiger partial charge in [-0.05, 0) is 49.2 Å². The summed E-state index contributed by atoms with van der Waals surface area (Å²) in [4.78, 5) is 28.3. The van der Waals surface area contributed by atoms with Crippen LogP contribution in [0.2, 0.25) is 0 Å². The van der Waals surface area contributed by atoms with Crippen LogP contribution in [-0.4, -0.2) is 41.1 Å². The van der Waals surface area contributed by atoms with Crippen molar-refractivity contribution < 1.29 is 13.9 Å². The number of aromatic nitrogens is 3. The standard InChI is InChI=1S/C24H23N5O3S/c1-31-18-6-4-16(5-7-18)19-13-22(26-15-25-19)29-10-8-17(9-11-29)23(30)28-24-27-20(14-33-24)21-3-2-12-32-21/h2-7,12-15,17H,8-11H2,1H3,(H,27,28,30). The van der Waals surface area contributed by atoms with E-state index in [0.717, 1.165) is 54.4 Å². The zero-order valence-corrected chi connectivity index (χ0v) is 18.9. The third-order valence-electron chi connectivity index (χ3n) is 5.74. The van der Waals surface area contributed by atoms with Gasteiger partial charge in [0, 0.05) is 36.0 Å². The van der Waals surface area contributed by atoms with Gasteiger partial charge in [0.2, 0.25) is 5.91 Å². The fraction of sp³-hybridized carbons (Fsp3) is 0.250. The number of carbonyl (C=O) groups is 1. The summed E-state index contributed by atoms with van der Waals surface area (Å²) in [5.41, 5.74) is 2.59. The Balaban J connectivity index is 1.19. The predicted octanol–water partition coefficient (Wildman–Crippen LogP) is 4.72. The van der Waals surface area contributed by atoms with Crippen molar-refractivity contribution in [1.82, 2.24) is 15.0 Å². The average molecular weight is 462 g/mol. The van der Waals surface area contributed by atoms with E-state index in [1.807, 2.05) is 47.8 Å². The van der Waals surface area contributed by atoms with Crippen LogP contribution >= 0.6 is 11.3 Å². The molecule has 1 aliphatic heterocycles. The summed E-state index contributed by atoms with van der Waals surface area (Å²) in [7, 11) is 1.65. The minimum absolute atomic E-state index is 0.0107. The maximum atomic E-state index is 12.8. The second-order valence-electron chi connectivity index (χ2n) is 7.76. The number of carbonyl (C=O) groups excluding carboxylic acids is 1. The maximum Gasteiger partial charge on any atom is 0.229 e. The average Bonchev–Trinajstić information content (AvgIpc) is 3.57. The van der Waals surface area contributed by atoms with Gasteiger partial charge in [-0.3, -0.25) is 4.79 Å². The molecule has 1 N–H and O–H groups in total. The highest BCUT2D eigenvalue weighted by molar-refractivity contribution is 7.14. The lowest BCUT2D eigenvalue weighted by molar-refractivity contribution is -0.120. The highest BCUT2D eigenvalue weighted by Gasteiger charge is 2.26. The van der Waals surface area contributed by atoms with E-state index in [1.165, 1.54) is 11.3 Å². The summed E-state index contributed by atoms with van der Waals surface area (Å²) in [6, 6.07) is 13.5. The molecule has 1 amide bonds. The van der Waals surface area contributed by atoms with Crippen molar-refractivity contribution in [2.45, 2.75) is 12.8 Å². The van der Waals surface area contributed by atoms with Crippen LogP contribution in [0.1, 0.15) is 12.8 Å². The molecule has 0 atom stereocenters. The Hall–Kier alpha value is -3.72. The first kappa shape index (κ1) is 21.1. The largest absolute Gasteiger partial charge is 0.497 e. The molecule has 5 rings (SSSR count). The van der Waals surface area contributed by atoms with E-state index in [9.17, 15) is 4.79 Å². The van der Waals surface area contributed by atoms with E-state index >= 15 is 0 Å². The highest BCUT2D eigenvalue weighted by Crippen LogP contribution is 2.28. The van der Waals surface area contributed by atoms with Crippen LogP contribution in [0.4, 0.5) is 10.9 Å². The lowest BCUT2D eigenvalue weighted by Crippen LogP contribution is -2.38. The van der Waals surface area contributed by atoms with E-state index in [-0.39, 0.29) is 11.8 Å². The number of thiazole rings is 1. The van der Waals surface area contributed by atoms with Crippen molar-refractivity contribution in [3.8, 4) is 28.5 Å². The lowest BCUT2D eigenvalue weighted by atomic mass is 9.96. The predicted molar refractivity (Wildman–Crippen MR) is 127 cm³/mol. The quantitative estimate of drug-likeness (QED) is 0.444. The van der Waals surface area contributed by atoms with E-state index in [2.05, 4.69) is 25.2 Å². The van der Waals surface area contributed by atoms with Crippen LogP contribution < -0.4 is 15.0 Å². The number of anilines is 2. The van der Waals surface area contributed by atoms with Crippen molar-refractivity contribution in [3.05, 3.63) is 60.4 Å². The number of piperidine rings is 1. The molecule has 4 heterocycles. The highest BCUT2D eigenvalue weighted by atomic mass is 32.1. The van der Waals surface area contributed by atoms with Gasteiger partial charge >= 0.3 is 0 Å². The number of nitrogens with one attached hydrogen (secondary N) is 1. The van der Waals surface area contributed by atoms with Crippen molar-refractivity contribution in [2.24, 2.45) is 5.92 Å². The van der Waals surface area contributed by atoms with Crippen LogP contribution in [0.25, 0.3) is 22.7 Å². The topological polar surface area (TPSA) is 93.4 Å². The smallest absolute Gasteiger partial charge is 0.229 e. The Morgan fingerprint density at radius 1 is 1.15 bits per heavy atom. The second kappa shape index (κ2) is 9.41. The lowest BCUT2D eigenvalue weighted by Gasteiger charge is -2.32. The maximum absolute atomic E-state index is 12.8. The van der Waals surface area contributed by atoms with Crippen molar-refractivity contribution in [3.63, 3.8) is 0 Å². The van der Waals surface area contributed by atoms with Crippen molar-refractivity contribution >= 4 is 28.2 Å². The molecule has 8 nitrogen and oxygen atoms in total. The molecule has 3 aromatic heterocycles. The Morgan fingerprint density at radius 2 is 1.97 bits per heavy atom. The molecule has 1 fully saturated rings. The van der Waals surface area contributed by atoms with Crippen molar-refractivity contribution in [2.75, 3.05) is 30.4 Å². The second-order valence-corrected chi connectivity index (χ2v) is 8.61. The monoisotopic (exact) mass is 461 g/mol. The summed E-state index contributed by atoms with van der Waals surface area (Å²) >= 11 is 1.40. The van der Waals surface area contributed by atoms with Crippen LogP contribution in [0.5, 0.6) is 5.75 Å². The number of benzene rings is 1. The molecular weight excluding hydrogens is 438 g/mol.